The first kappa shape index (κ1) is 15.5. The van der Waals surface area contributed by atoms with Gasteiger partial charge >= 0.3 is 5.97 Å². The number of aliphatic carboxylic acids is 1. The summed E-state index contributed by atoms with van der Waals surface area (Å²) >= 11 is 0. The number of fused-ring (bicyclic) bond motifs is 1. The fourth-order valence-corrected chi connectivity index (χ4v) is 3.46. The summed E-state index contributed by atoms with van der Waals surface area (Å²) in [6.07, 6.45) is 3.58. The third-order valence-corrected chi connectivity index (χ3v) is 4.90. The summed E-state index contributed by atoms with van der Waals surface area (Å²) in [6.45, 7) is 0. The minimum atomic E-state index is -1.14. The molecule has 2 amide bonds. The Balaban J connectivity index is 1.83. The van der Waals surface area contributed by atoms with Crippen LogP contribution < -0.4 is 10.2 Å². The predicted molar refractivity (Wildman–Crippen MR) is 84.5 cm³/mol. The van der Waals surface area contributed by atoms with Crippen LogP contribution in [0.5, 0.6) is 0 Å². The number of hydrogen-bond donors (Lipinski definition) is 2. The van der Waals surface area contributed by atoms with Crippen LogP contribution in [0.15, 0.2) is 18.2 Å². The Bertz CT molecular complexity index is 677. The van der Waals surface area contributed by atoms with Crippen molar-refractivity contribution in [2.45, 2.75) is 44.1 Å². The van der Waals surface area contributed by atoms with Crippen LogP contribution >= 0.6 is 0 Å². The summed E-state index contributed by atoms with van der Waals surface area (Å²) in [7, 11) is 1.72. The molecule has 0 atom stereocenters. The standard InChI is InChI=1S/C17H20N2O4/c1-19-13-6-4-12(10-11(13)5-7-14(19)20)15(21)18-17(16(22)23)8-2-3-9-17/h4,6,10H,2-3,5,7-9H2,1H3,(H,18,21)(H,22,23). The lowest BCUT2D eigenvalue weighted by molar-refractivity contribution is -0.144. The van der Waals surface area contributed by atoms with Gasteiger partial charge in [0.05, 0.1) is 0 Å². The summed E-state index contributed by atoms with van der Waals surface area (Å²) in [5.41, 5.74) is 1.06. The van der Waals surface area contributed by atoms with Gasteiger partial charge in [0.15, 0.2) is 0 Å². The first-order valence-electron chi connectivity index (χ1n) is 7.88. The molecular weight excluding hydrogens is 296 g/mol. The number of carbonyl (C=O) groups is 3. The number of hydrogen-bond acceptors (Lipinski definition) is 3. The highest BCUT2D eigenvalue weighted by Gasteiger charge is 2.42. The van der Waals surface area contributed by atoms with Crippen molar-refractivity contribution < 1.29 is 19.5 Å². The quantitative estimate of drug-likeness (QED) is 0.889. The molecule has 1 heterocycles. The number of aryl methyl sites for hydroxylation is 1. The van der Waals surface area contributed by atoms with E-state index in [0.29, 0.717) is 31.2 Å². The van der Waals surface area contributed by atoms with E-state index in [-0.39, 0.29) is 11.8 Å². The molecule has 1 aromatic carbocycles. The second kappa shape index (κ2) is 5.68. The molecule has 122 valence electrons. The van der Waals surface area contributed by atoms with E-state index >= 15 is 0 Å². The van der Waals surface area contributed by atoms with E-state index in [9.17, 15) is 19.5 Å². The molecule has 0 aromatic heterocycles. The zero-order valence-electron chi connectivity index (χ0n) is 13.1. The topological polar surface area (TPSA) is 86.7 Å². The largest absolute Gasteiger partial charge is 0.480 e. The lowest BCUT2D eigenvalue weighted by Crippen LogP contribution is -2.52. The van der Waals surface area contributed by atoms with Crippen LogP contribution in [0.3, 0.4) is 0 Å². The SMILES string of the molecule is CN1C(=O)CCc2cc(C(=O)NC3(C(=O)O)CCCC3)ccc21. The lowest BCUT2D eigenvalue weighted by Gasteiger charge is -2.27. The van der Waals surface area contributed by atoms with Crippen molar-refractivity contribution >= 4 is 23.5 Å². The van der Waals surface area contributed by atoms with Gasteiger partial charge in [-0.3, -0.25) is 9.59 Å². The maximum absolute atomic E-state index is 12.5. The van der Waals surface area contributed by atoms with Crippen LogP contribution in [0.25, 0.3) is 0 Å². The van der Waals surface area contributed by atoms with Gasteiger partial charge < -0.3 is 15.3 Å². The van der Waals surface area contributed by atoms with Gasteiger partial charge in [-0.2, -0.15) is 0 Å². The van der Waals surface area contributed by atoms with Crippen molar-refractivity contribution in [3.63, 3.8) is 0 Å². The molecule has 1 aliphatic carbocycles. The number of nitrogens with one attached hydrogen (secondary N) is 1. The van der Waals surface area contributed by atoms with Crippen LogP contribution in [0.1, 0.15) is 48.0 Å². The second-order valence-corrected chi connectivity index (χ2v) is 6.34. The van der Waals surface area contributed by atoms with E-state index < -0.39 is 11.5 Å². The number of nitrogens with zero attached hydrogens (tertiary/aromatic N) is 1. The fraction of sp³-hybridized carbons (Fsp3) is 0.471. The first-order chi connectivity index (χ1) is 10.9. The number of amides is 2. The molecule has 2 aliphatic rings. The Labute approximate surface area is 134 Å². The molecule has 0 radical (unpaired) electrons. The maximum atomic E-state index is 12.5. The van der Waals surface area contributed by atoms with Crippen molar-refractivity contribution in [2.24, 2.45) is 0 Å². The smallest absolute Gasteiger partial charge is 0.329 e. The Kier molecular flexibility index (Phi) is 3.83. The normalized spacial score (nSPS) is 19.3. The van der Waals surface area contributed by atoms with Crippen molar-refractivity contribution in [3.05, 3.63) is 29.3 Å². The van der Waals surface area contributed by atoms with E-state index in [2.05, 4.69) is 5.32 Å². The van der Waals surface area contributed by atoms with Crippen molar-refractivity contribution in [1.29, 1.82) is 0 Å². The van der Waals surface area contributed by atoms with E-state index in [1.54, 1.807) is 30.1 Å². The molecule has 6 nitrogen and oxygen atoms in total. The van der Waals surface area contributed by atoms with E-state index in [0.717, 1.165) is 24.1 Å². The molecule has 3 rings (SSSR count). The molecule has 0 spiro atoms. The van der Waals surface area contributed by atoms with Crippen LogP contribution in [0.4, 0.5) is 5.69 Å². The molecule has 2 N–H and O–H groups in total. The molecule has 0 unspecified atom stereocenters. The third-order valence-electron chi connectivity index (χ3n) is 4.90. The molecule has 1 saturated carbocycles. The molecule has 1 aromatic rings. The monoisotopic (exact) mass is 316 g/mol. The van der Waals surface area contributed by atoms with Gasteiger partial charge in [-0.15, -0.1) is 0 Å². The van der Waals surface area contributed by atoms with Gasteiger partial charge in [0.1, 0.15) is 5.54 Å². The zero-order valence-corrected chi connectivity index (χ0v) is 13.1. The number of anilines is 1. The van der Waals surface area contributed by atoms with Crippen molar-refractivity contribution in [2.75, 3.05) is 11.9 Å². The molecule has 23 heavy (non-hydrogen) atoms. The highest BCUT2D eigenvalue weighted by molar-refractivity contribution is 6.00. The predicted octanol–water partition coefficient (Wildman–Crippen LogP) is 1.72. The van der Waals surface area contributed by atoms with Gasteiger partial charge in [0, 0.05) is 24.7 Å². The second-order valence-electron chi connectivity index (χ2n) is 6.34. The summed E-state index contributed by atoms with van der Waals surface area (Å²) in [6, 6.07) is 5.16. The van der Waals surface area contributed by atoms with Crippen LogP contribution in [-0.4, -0.2) is 35.5 Å². The highest BCUT2D eigenvalue weighted by Crippen LogP contribution is 2.31. The van der Waals surface area contributed by atoms with Crippen molar-refractivity contribution in [3.8, 4) is 0 Å². The van der Waals surface area contributed by atoms with Gasteiger partial charge in [-0.25, -0.2) is 4.79 Å². The summed E-state index contributed by atoms with van der Waals surface area (Å²) in [4.78, 5) is 37.3. The first-order valence-corrected chi connectivity index (χ1v) is 7.88. The molecule has 0 saturated heterocycles. The van der Waals surface area contributed by atoms with Gasteiger partial charge in [-0.1, -0.05) is 12.8 Å². The average molecular weight is 316 g/mol. The number of carbonyl (C=O) groups excluding carboxylic acids is 2. The van der Waals surface area contributed by atoms with Crippen LogP contribution in [0, 0.1) is 0 Å². The molecule has 1 aliphatic heterocycles. The zero-order chi connectivity index (χ0) is 16.6. The maximum Gasteiger partial charge on any atom is 0.329 e. The van der Waals surface area contributed by atoms with Crippen LogP contribution in [0.2, 0.25) is 0 Å². The lowest BCUT2D eigenvalue weighted by atomic mass is 9.95. The molecule has 1 fully saturated rings. The Hall–Kier alpha value is -2.37. The van der Waals surface area contributed by atoms with Crippen LogP contribution in [-0.2, 0) is 16.0 Å². The number of carboxylic acids is 1. The Morgan fingerprint density at radius 1 is 1.22 bits per heavy atom. The van der Waals surface area contributed by atoms with E-state index in [1.807, 2.05) is 0 Å². The van der Waals surface area contributed by atoms with Gasteiger partial charge in [0.25, 0.3) is 5.91 Å². The third kappa shape index (κ3) is 2.69. The molecule has 0 bridgehead atoms. The summed E-state index contributed by atoms with van der Waals surface area (Å²) < 4.78 is 0. The van der Waals surface area contributed by atoms with E-state index in [4.69, 9.17) is 0 Å². The number of rotatable bonds is 3. The fourth-order valence-electron chi connectivity index (χ4n) is 3.46. The average Bonchev–Trinajstić information content (AvgIpc) is 3.00. The minimum absolute atomic E-state index is 0.0606. The minimum Gasteiger partial charge on any atom is -0.480 e. The molecule has 6 heteroatoms. The number of benzene rings is 1. The van der Waals surface area contributed by atoms with Crippen molar-refractivity contribution in [1.82, 2.24) is 5.32 Å². The number of carboxylic acid groups (broad SMARTS) is 1. The van der Waals surface area contributed by atoms with Gasteiger partial charge in [0.2, 0.25) is 5.91 Å². The Morgan fingerprint density at radius 3 is 2.57 bits per heavy atom. The van der Waals surface area contributed by atoms with Gasteiger partial charge in [-0.05, 0) is 43.0 Å². The summed E-state index contributed by atoms with van der Waals surface area (Å²) in [5.74, 6) is -1.27. The highest BCUT2D eigenvalue weighted by atomic mass is 16.4. The molecular formula is C17H20N2O4. The summed E-state index contributed by atoms with van der Waals surface area (Å²) in [5, 5.41) is 12.2. The Morgan fingerprint density at radius 2 is 1.91 bits per heavy atom. The van der Waals surface area contributed by atoms with E-state index in [1.165, 1.54) is 0 Å².